The van der Waals surface area contributed by atoms with Crippen molar-refractivity contribution in [1.29, 1.82) is 0 Å². The first-order chi connectivity index (χ1) is 16.4. The normalized spacial score (nSPS) is 22.6. The Balaban J connectivity index is 2.54. The molecular weight excluding hydrogens is 474 g/mol. The zero-order chi connectivity index (χ0) is 27.6. The number of nitrogens with one attached hydrogen (secondary N) is 1. The van der Waals surface area contributed by atoms with E-state index in [1.807, 2.05) is 0 Å². The first-order valence-corrected chi connectivity index (χ1v) is 11.6. The van der Waals surface area contributed by atoms with Crippen molar-refractivity contribution in [2.45, 2.75) is 86.9 Å². The molecule has 2 N–H and O–H groups in total. The van der Waals surface area contributed by atoms with Crippen LogP contribution in [0.25, 0.3) is 0 Å². The van der Waals surface area contributed by atoms with Gasteiger partial charge in [0.25, 0.3) is 0 Å². The van der Waals surface area contributed by atoms with Crippen LogP contribution in [0.2, 0.25) is 0 Å². The second-order valence-electron chi connectivity index (χ2n) is 11.8. The first kappa shape index (κ1) is 29.2. The van der Waals surface area contributed by atoms with Crippen LogP contribution in [0.15, 0.2) is 17.1 Å². The highest BCUT2D eigenvalue weighted by molar-refractivity contribution is 5.77. The van der Waals surface area contributed by atoms with Gasteiger partial charge in [0.05, 0.1) is 16.2 Å². The van der Waals surface area contributed by atoms with Gasteiger partial charge in [0, 0.05) is 6.20 Å². The highest BCUT2D eigenvalue weighted by Gasteiger charge is 2.53. The molecular formula is C24H37N3O9. The fourth-order valence-corrected chi connectivity index (χ4v) is 2.98. The maximum absolute atomic E-state index is 12.9. The molecule has 2 rings (SSSR count). The summed E-state index contributed by atoms with van der Waals surface area (Å²) in [4.78, 5) is 54.5. The minimum absolute atomic E-state index is 0.108. The summed E-state index contributed by atoms with van der Waals surface area (Å²) >= 11 is 0. The van der Waals surface area contributed by atoms with Crippen LogP contribution in [-0.2, 0) is 33.3 Å². The third-order valence-electron chi connectivity index (χ3n) is 5.21. The van der Waals surface area contributed by atoms with Gasteiger partial charge in [0.2, 0.25) is 0 Å². The van der Waals surface area contributed by atoms with Crippen LogP contribution in [0.3, 0.4) is 0 Å². The molecule has 2 heterocycles. The lowest BCUT2D eigenvalue weighted by molar-refractivity contribution is -0.179. The van der Waals surface area contributed by atoms with Crippen LogP contribution < -0.4 is 11.2 Å². The van der Waals surface area contributed by atoms with Crippen molar-refractivity contribution in [3.8, 4) is 0 Å². The van der Waals surface area contributed by atoms with Crippen molar-refractivity contribution in [2.24, 2.45) is 16.2 Å². The Morgan fingerprint density at radius 1 is 0.944 bits per heavy atom. The molecule has 4 atom stereocenters. The van der Waals surface area contributed by atoms with E-state index in [2.05, 4.69) is 4.98 Å². The minimum Gasteiger partial charge on any atom is -0.462 e. The molecule has 0 aliphatic carbocycles. The average Bonchev–Trinajstić information content (AvgIpc) is 3.06. The Morgan fingerprint density at radius 3 is 1.89 bits per heavy atom. The van der Waals surface area contributed by atoms with Crippen molar-refractivity contribution in [3.05, 3.63) is 22.7 Å². The highest BCUT2D eigenvalue weighted by Crippen LogP contribution is 2.36. The number of carbonyl (C=O) groups is 3. The molecule has 1 aliphatic heterocycles. The third-order valence-corrected chi connectivity index (χ3v) is 5.21. The molecule has 1 saturated heterocycles. The summed E-state index contributed by atoms with van der Waals surface area (Å²) in [6.07, 6.45) is -3.52. The number of hydrogen-bond acceptors (Lipinski definition) is 11. The van der Waals surface area contributed by atoms with Gasteiger partial charge in [-0.3, -0.25) is 29.6 Å². The summed E-state index contributed by atoms with van der Waals surface area (Å²) < 4.78 is 24.0. The quantitative estimate of drug-likeness (QED) is 0.329. The molecule has 1 aromatic rings. The van der Waals surface area contributed by atoms with E-state index in [-0.39, 0.29) is 12.4 Å². The van der Waals surface area contributed by atoms with Gasteiger partial charge in [0.15, 0.2) is 24.3 Å². The number of nitrogens with zero attached hydrogens (tertiary/aromatic N) is 2. The van der Waals surface area contributed by atoms with E-state index in [0.717, 1.165) is 4.57 Å². The lowest BCUT2D eigenvalue weighted by Gasteiger charge is -2.29. The molecule has 12 heteroatoms. The summed E-state index contributed by atoms with van der Waals surface area (Å²) in [6.45, 7) is 14.6. The summed E-state index contributed by atoms with van der Waals surface area (Å²) in [5.74, 6) is -1.86. The number of carbonyl (C=O) groups excluding carboxylic acids is 3. The van der Waals surface area contributed by atoms with E-state index < -0.39 is 64.4 Å². The predicted molar refractivity (Wildman–Crippen MR) is 127 cm³/mol. The topological polar surface area (TPSA) is 155 Å². The van der Waals surface area contributed by atoms with Gasteiger partial charge in [-0.1, -0.05) is 0 Å². The third kappa shape index (κ3) is 7.03. The van der Waals surface area contributed by atoms with Crippen LogP contribution >= 0.6 is 0 Å². The van der Waals surface area contributed by atoms with Gasteiger partial charge in [0.1, 0.15) is 12.7 Å². The molecule has 0 bridgehead atoms. The molecule has 0 radical (unpaired) electrons. The molecule has 1 aromatic heterocycles. The number of aromatic nitrogens is 2. The van der Waals surface area contributed by atoms with Gasteiger partial charge < -0.3 is 18.9 Å². The Morgan fingerprint density at radius 2 is 1.44 bits per heavy atom. The molecule has 0 aromatic carbocycles. The summed E-state index contributed by atoms with van der Waals surface area (Å²) in [5, 5.41) is 9.06. The summed E-state index contributed by atoms with van der Waals surface area (Å²) in [7, 11) is 0. The zero-order valence-electron chi connectivity index (χ0n) is 22.3. The second kappa shape index (κ2) is 10.6. The number of esters is 3. The molecule has 0 amide bonds. The summed E-state index contributed by atoms with van der Waals surface area (Å²) in [5.41, 5.74) is -1.68. The van der Waals surface area contributed by atoms with Crippen LogP contribution in [0.5, 0.6) is 0 Å². The Bertz CT molecular complexity index is 1030. The Hall–Kier alpha value is -2.99. The maximum Gasteiger partial charge on any atom is 0.351 e. The largest absolute Gasteiger partial charge is 0.462 e. The minimum atomic E-state index is -1.27. The smallest absolute Gasteiger partial charge is 0.351 e. The first-order valence-electron chi connectivity index (χ1n) is 11.6. The predicted octanol–water partition coefficient (Wildman–Crippen LogP) is 2.45. The van der Waals surface area contributed by atoms with Crippen molar-refractivity contribution in [1.82, 2.24) is 9.55 Å². The fourth-order valence-electron chi connectivity index (χ4n) is 2.98. The second-order valence-corrected chi connectivity index (χ2v) is 11.8. The van der Waals surface area contributed by atoms with E-state index in [1.165, 1.54) is 12.3 Å². The molecule has 36 heavy (non-hydrogen) atoms. The van der Waals surface area contributed by atoms with Crippen LogP contribution in [-0.4, -0.2) is 57.6 Å². The van der Waals surface area contributed by atoms with Gasteiger partial charge in [-0.2, -0.15) is 4.98 Å². The molecule has 1 aliphatic rings. The van der Waals surface area contributed by atoms with Crippen LogP contribution in [0, 0.1) is 16.2 Å². The zero-order valence-corrected chi connectivity index (χ0v) is 22.3. The molecule has 0 unspecified atom stereocenters. The van der Waals surface area contributed by atoms with Gasteiger partial charge in [-0.25, -0.2) is 4.79 Å². The van der Waals surface area contributed by atoms with Crippen molar-refractivity contribution in [3.63, 3.8) is 0 Å². The Kier molecular flexibility index (Phi) is 8.57. The number of hydrogen-bond donors (Lipinski definition) is 2. The molecule has 1 fully saturated rings. The standard InChI is InChI=1S/C24H37N3O9/c1-22(2,3)18(28)33-12-13-15(35-19(29)23(4,5)6)16(36-20(30)24(7,8)9)17(34-13)27-11-10-14(26-32)25-21(27)31/h10-11,13,15-17,32H,12H2,1-9H3,(H,25,26,31)/t13-,15-,16-,17-/m1/s1. The van der Waals surface area contributed by atoms with E-state index in [1.54, 1.807) is 67.8 Å². The number of rotatable bonds is 6. The Labute approximate surface area is 210 Å². The van der Waals surface area contributed by atoms with Crippen LogP contribution in [0.4, 0.5) is 5.82 Å². The van der Waals surface area contributed by atoms with E-state index in [0.29, 0.717) is 0 Å². The fraction of sp³-hybridized carbons (Fsp3) is 0.708. The SMILES string of the molecule is CC(C)(C)C(=O)OC[C@H]1O[C@@H](n2ccc(NO)nc2=O)[C@H](OC(=O)C(C)(C)C)[C@@H]1OC(=O)C(C)(C)C. The van der Waals surface area contributed by atoms with Crippen molar-refractivity contribution in [2.75, 3.05) is 12.1 Å². The highest BCUT2D eigenvalue weighted by atomic mass is 16.7. The van der Waals surface area contributed by atoms with E-state index >= 15 is 0 Å². The average molecular weight is 512 g/mol. The monoisotopic (exact) mass is 511 g/mol. The molecule has 0 spiro atoms. The molecule has 0 saturated carbocycles. The van der Waals surface area contributed by atoms with Gasteiger partial charge in [-0.15, -0.1) is 0 Å². The van der Waals surface area contributed by atoms with Gasteiger partial charge >= 0.3 is 23.6 Å². The molecule has 12 nitrogen and oxygen atoms in total. The van der Waals surface area contributed by atoms with Crippen molar-refractivity contribution < 1.29 is 38.5 Å². The van der Waals surface area contributed by atoms with E-state index in [9.17, 15) is 19.2 Å². The lowest BCUT2D eigenvalue weighted by Crippen LogP contribution is -2.45. The number of ether oxygens (including phenoxy) is 4. The number of anilines is 1. The lowest BCUT2D eigenvalue weighted by atomic mass is 9.96. The van der Waals surface area contributed by atoms with Crippen LogP contribution in [0.1, 0.15) is 68.5 Å². The van der Waals surface area contributed by atoms with Gasteiger partial charge in [-0.05, 0) is 68.4 Å². The summed E-state index contributed by atoms with van der Waals surface area (Å²) in [6, 6.07) is 1.30. The molecule has 202 valence electrons. The van der Waals surface area contributed by atoms with E-state index in [4.69, 9.17) is 24.2 Å². The maximum atomic E-state index is 12.9. The van der Waals surface area contributed by atoms with Crippen molar-refractivity contribution >= 4 is 23.7 Å².